The van der Waals surface area contributed by atoms with Gasteiger partial charge in [0.25, 0.3) is 0 Å². The van der Waals surface area contributed by atoms with Gasteiger partial charge in [-0.1, -0.05) is 12.1 Å². The topological polar surface area (TPSA) is 49.7 Å². The number of rotatable bonds is 3. The maximum Gasteiger partial charge on any atom is 0.707 e. The van der Waals surface area contributed by atoms with Gasteiger partial charge in [-0.3, -0.25) is 0 Å². The van der Waals surface area contributed by atoms with Crippen LogP contribution in [0.3, 0.4) is 0 Å². The van der Waals surface area contributed by atoms with Gasteiger partial charge in [0.15, 0.2) is 0 Å². The second-order valence-electron chi connectivity index (χ2n) is 2.09. The summed E-state index contributed by atoms with van der Waals surface area (Å²) in [5.41, 5.74) is 0. The molecule has 2 N–H and O–H groups in total. The van der Waals surface area contributed by atoms with Crippen LogP contribution in [0.25, 0.3) is 0 Å². The Balaban J connectivity index is 2.82. The van der Waals surface area contributed by atoms with Crippen molar-refractivity contribution in [3.63, 3.8) is 0 Å². The van der Waals surface area contributed by atoms with Gasteiger partial charge in [0.05, 0.1) is 0 Å². The van der Waals surface area contributed by atoms with E-state index in [-0.39, 0.29) is 0 Å². The quantitative estimate of drug-likeness (QED) is 0.537. The second kappa shape index (κ2) is 4.40. The molecule has 0 aliphatic carbocycles. The lowest BCUT2D eigenvalue weighted by molar-refractivity contribution is 0.285. The Hall–Kier alpha value is -0.645. The van der Waals surface area contributed by atoms with Crippen LogP contribution < -0.4 is 4.65 Å². The fourth-order valence-electron chi connectivity index (χ4n) is 0.830. The molecule has 0 aliphatic heterocycles. The highest BCUT2D eigenvalue weighted by Crippen LogP contribution is 2.26. The summed E-state index contributed by atoms with van der Waals surface area (Å²) in [4.78, 5) is 0.880. The summed E-state index contributed by atoms with van der Waals surface area (Å²) in [6.45, 7) is 0. The Bertz CT molecular complexity index is 254. The van der Waals surface area contributed by atoms with Crippen molar-refractivity contribution in [3.8, 4) is 5.75 Å². The van der Waals surface area contributed by atoms with Crippen LogP contribution in [-0.4, -0.2) is 23.6 Å². The molecule has 0 atom stereocenters. The monoisotopic (exact) mass is 184 g/mol. The third kappa shape index (κ3) is 2.44. The molecule has 0 aromatic heterocycles. The fraction of sp³-hybridized carbons (Fsp3) is 0.143. The molecule has 1 rings (SSSR count). The number of hydrogen-bond donors (Lipinski definition) is 2. The molecule has 5 heteroatoms. The van der Waals surface area contributed by atoms with Gasteiger partial charge in [-0.25, -0.2) is 0 Å². The Labute approximate surface area is 75.5 Å². The van der Waals surface area contributed by atoms with Crippen LogP contribution >= 0.6 is 11.8 Å². The molecule has 0 fully saturated rings. The SMILES string of the molecule is CSc1ccccc1OB(O)O. The summed E-state index contributed by atoms with van der Waals surface area (Å²) in [5.74, 6) is 0.486. The lowest BCUT2D eigenvalue weighted by Crippen LogP contribution is -2.20. The smallest absolute Gasteiger partial charge is 0.511 e. The average Bonchev–Trinajstić information content (AvgIpc) is 2.04. The Morgan fingerprint density at radius 2 is 2.00 bits per heavy atom. The van der Waals surface area contributed by atoms with Gasteiger partial charge in [0.2, 0.25) is 0 Å². The summed E-state index contributed by atoms with van der Waals surface area (Å²) in [5, 5.41) is 17.1. The summed E-state index contributed by atoms with van der Waals surface area (Å²) >= 11 is 1.49. The van der Waals surface area contributed by atoms with Crippen molar-refractivity contribution in [3.05, 3.63) is 24.3 Å². The van der Waals surface area contributed by atoms with Crippen LogP contribution in [0.4, 0.5) is 0 Å². The molecule has 0 radical (unpaired) electrons. The van der Waals surface area contributed by atoms with E-state index in [9.17, 15) is 0 Å². The zero-order chi connectivity index (χ0) is 8.97. The molecular formula is C7H9BO3S. The highest BCUT2D eigenvalue weighted by molar-refractivity contribution is 7.98. The molecule has 0 heterocycles. The highest BCUT2D eigenvalue weighted by atomic mass is 32.2. The minimum absolute atomic E-state index is 0.486. The Morgan fingerprint density at radius 1 is 1.33 bits per heavy atom. The zero-order valence-corrected chi connectivity index (χ0v) is 7.41. The van der Waals surface area contributed by atoms with Crippen molar-refractivity contribution < 1.29 is 14.7 Å². The lowest BCUT2D eigenvalue weighted by Gasteiger charge is -2.07. The van der Waals surface area contributed by atoms with Gasteiger partial charge in [0, 0.05) is 4.90 Å². The predicted molar refractivity (Wildman–Crippen MR) is 49.0 cm³/mol. The average molecular weight is 184 g/mol. The molecule has 64 valence electrons. The van der Waals surface area contributed by atoms with Crippen LogP contribution in [0, 0.1) is 0 Å². The number of para-hydroxylation sites is 1. The van der Waals surface area contributed by atoms with E-state index in [1.165, 1.54) is 11.8 Å². The van der Waals surface area contributed by atoms with Gasteiger partial charge in [0.1, 0.15) is 5.75 Å². The largest absolute Gasteiger partial charge is 0.707 e. The molecule has 0 bridgehead atoms. The van der Waals surface area contributed by atoms with E-state index < -0.39 is 7.32 Å². The Morgan fingerprint density at radius 3 is 2.58 bits per heavy atom. The van der Waals surface area contributed by atoms with Crippen molar-refractivity contribution in [2.24, 2.45) is 0 Å². The summed E-state index contributed by atoms with van der Waals surface area (Å²) in [6.07, 6.45) is 1.89. The van der Waals surface area contributed by atoms with Crippen LogP contribution in [0.5, 0.6) is 5.75 Å². The van der Waals surface area contributed by atoms with Crippen molar-refractivity contribution >= 4 is 19.1 Å². The van der Waals surface area contributed by atoms with Gasteiger partial charge in [-0.15, -0.1) is 11.8 Å². The predicted octanol–water partition coefficient (Wildman–Crippen LogP) is 0.757. The second-order valence-corrected chi connectivity index (χ2v) is 2.94. The van der Waals surface area contributed by atoms with E-state index in [4.69, 9.17) is 14.7 Å². The van der Waals surface area contributed by atoms with Crippen molar-refractivity contribution in [1.82, 2.24) is 0 Å². The molecular weight excluding hydrogens is 175 g/mol. The summed E-state index contributed by atoms with van der Waals surface area (Å²) in [7, 11) is -1.75. The molecule has 0 aliphatic rings. The maximum absolute atomic E-state index is 8.55. The van der Waals surface area contributed by atoms with E-state index in [0.717, 1.165) is 4.90 Å². The first kappa shape index (κ1) is 9.44. The van der Waals surface area contributed by atoms with Gasteiger partial charge >= 0.3 is 7.32 Å². The fourth-order valence-corrected chi connectivity index (χ4v) is 1.36. The van der Waals surface area contributed by atoms with Crippen molar-refractivity contribution in [2.75, 3.05) is 6.26 Å². The molecule has 0 saturated heterocycles. The maximum atomic E-state index is 8.55. The van der Waals surface area contributed by atoms with Crippen molar-refractivity contribution in [2.45, 2.75) is 4.90 Å². The molecule has 0 amide bonds. The Kier molecular flexibility index (Phi) is 3.46. The first-order valence-electron chi connectivity index (χ1n) is 3.40. The molecule has 0 unspecified atom stereocenters. The third-order valence-corrected chi connectivity index (χ3v) is 2.08. The summed E-state index contributed by atoms with van der Waals surface area (Å²) in [6, 6.07) is 7.17. The van der Waals surface area contributed by atoms with E-state index in [1.807, 2.05) is 18.4 Å². The first-order valence-corrected chi connectivity index (χ1v) is 4.62. The molecule has 1 aromatic rings. The van der Waals surface area contributed by atoms with E-state index >= 15 is 0 Å². The van der Waals surface area contributed by atoms with Crippen molar-refractivity contribution in [1.29, 1.82) is 0 Å². The highest BCUT2D eigenvalue weighted by Gasteiger charge is 2.12. The van der Waals surface area contributed by atoms with Crippen LogP contribution in [0.2, 0.25) is 0 Å². The molecule has 3 nitrogen and oxygen atoms in total. The van der Waals surface area contributed by atoms with Gasteiger partial charge in [-0.05, 0) is 18.4 Å². The first-order chi connectivity index (χ1) is 5.74. The summed E-state index contributed by atoms with van der Waals surface area (Å²) < 4.78 is 4.73. The zero-order valence-electron chi connectivity index (χ0n) is 6.60. The molecule has 12 heavy (non-hydrogen) atoms. The van der Waals surface area contributed by atoms with E-state index in [1.54, 1.807) is 12.1 Å². The molecule has 0 saturated carbocycles. The number of thioether (sulfide) groups is 1. The molecule has 1 aromatic carbocycles. The van der Waals surface area contributed by atoms with E-state index in [0.29, 0.717) is 5.75 Å². The normalized spacial score (nSPS) is 9.58. The van der Waals surface area contributed by atoms with Gasteiger partial charge in [-0.2, -0.15) is 0 Å². The van der Waals surface area contributed by atoms with Gasteiger partial charge < -0.3 is 14.7 Å². The van der Waals surface area contributed by atoms with Crippen LogP contribution in [0.15, 0.2) is 29.2 Å². The standard InChI is InChI=1S/C7H9BO3S/c1-12-7-5-3-2-4-6(7)11-8(9)10/h2-5,9-10H,1H3. The minimum atomic E-state index is -1.75. The minimum Gasteiger partial charge on any atom is -0.511 e. The van der Waals surface area contributed by atoms with Crippen LogP contribution in [-0.2, 0) is 0 Å². The third-order valence-electron chi connectivity index (χ3n) is 1.30. The van der Waals surface area contributed by atoms with Crippen LogP contribution in [0.1, 0.15) is 0 Å². The lowest BCUT2D eigenvalue weighted by atomic mass is 10.2. The number of benzene rings is 1. The van der Waals surface area contributed by atoms with E-state index in [2.05, 4.69) is 0 Å². The number of hydrogen-bond acceptors (Lipinski definition) is 4. The molecule has 0 spiro atoms.